The highest BCUT2D eigenvalue weighted by Gasteiger charge is 2.06. The van der Waals surface area contributed by atoms with Crippen molar-refractivity contribution in [2.45, 2.75) is 45.8 Å². The Morgan fingerprint density at radius 3 is 2.93 bits per heavy atom. The van der Waals surface area contributed by atoms with Crippen molar-refractivity contribution in [1.29, 1.82) is 0 Å². The third-order valence-corrected chi connectivity index (χ3v) is 2.52. The van der Waals surface area contributed by atoms with Gasteiger partial charge in [0.05, 0.1) is 12.3 Å². The molecule has 1 aromatic heterocycles. The summed E-state index contributed by atoms with van der Waals surface area (Å²) < 4.78 is 2.01. The van der Waals surface area contributed by atoms with E-state index in [0.29, 0.717) is 0 Å². The van der Waals surface area contributed by atoms with Crippen LogP contribution in [0.3, 0.4) is 0 Å². The van der Waals surface area contributed by atoms with Crippen LogP contribution in [0.1, 0.15) is 32.4 Å². The number of nitrogens with zero attached hydrogens (tertiary/aromatic N) is 2. The average molecular weight is 211 g/mol. The van der Waals surface area contributed by atoms with Crippen molar-refractivity contribution in [3.8, 4) is 0 Å². The second kappa shape index (κ2) is 6.58. The van der Waals surface area contributed by atoms with E-state index in [4.69, 9.17) is 5.11 Å². The average Bonchev–Trinajstić information content (AvgIpc) is 2.68. The van der Waals surface area contributed by atoms with Crippen molar-refractivity contribution < 1.29 is 5.11 Å². The summed E-state index contributed by atoms with van der Waals surface area (Å²) in [6.45, 7) is 6.14. The summed E-state index contributed by atoms with van der Waals surface area (Å²) in [6.07, 6.45) is 3.86. The minimum atomic E-state index is 0.190. The van der Waals surface area contributed by atoms with Gasteiger partial charge in [-0.2, -0.15) is 5.10 Å². The molecule has 0 saturated heterocycles. The summed E-state index contributed by atoms with van der Waals surface area (Å²) in [6, 6.07) is 2.21. The normalized spacial score (nSPS) is 13.0. The molecule has 2 N–H and O–H groups in total. The van der Waals surface area contributed by atoms with Gasteiger partial charge in [0.15, 0.2) is 0 Å². The van der Waals surface area contributed by atoms with Crippen molar-refractivity contribution in [3.05, 3.63) is 18.0 Å². The monoisotopic (exact) mass is 211 g/mol. The lowest BCUT2D eigenvalue weighted by Crippen LogP contribution is -2.32. The van der Waals surface area contributed by atoms with E-state index in [1.807, 2.05) is 16.9 Å². The second-order valence-corrected chi connectivity index (χ2v) is 3.71. The molecule has 0 aliphatic rings. The van der Waals surface area contributed by atoms with Crippen LogP contribution < -0.4 is 5.32 Å². The molecule has 0 spiro atoms. The van der Waals surface area contributed by atoms with Gasteiger partial charge in [-0.25, -0.2) is 0 Å². The summed E-state index contributed by atoms with van der Waals surface area (Å²) in [5.74, 6) is 0. The Hall–Kier alpha value is -0.870. The van der Waals surface area contributed by atoms with Crippen LogP contribution in [0, 0.1) is 0 Å². The maximum atomic E-state index is 9.04. The van der Waals surface area contributed by atoms with E-state index in [1.165, 1.54) is 5.69 Å². The van der Waals surface area contributed by atoms with Gasteiger partial charge < -0.3 is 10.4 Å². The number of nitrogens with one attached hydrogen (secondary N) is 1. The van der Waals surface area contributed by atoms with E-state index in [0.717, 1.165) is 25.9 Å². The predicted octanol–water partition coefficient (Wildman–Crippen LogP) is 1.15. The maximum absolute atomic E-state index is 9.04. The van der Waals surface area contributed by atoms with E-state index >= 15 is 0 Å². The van der Waals surface area contributed by atoms with Crippen LogP contribution in [-0.2, 0) is 13.1 Å². The van der Waals surface area contributed by atoms with Gasteiger partial charge in [-0.3, -0.25) is 4.68 Å². The zero-order chi connectivity index (χ0) is 11.1. The molecular formula is C11H21N3O. The Balaban J connectivity index is 2.45. The molecule has 86 valence electrons. The summed E-state index contributed by atoms with van der Waals surface area (Å²) in [4.78, 5) is 0. The molecular weight excluding hydrogens is 190 g/mol. The van der Waals surface area contributed by atoms with E-state index < -0.39 is 0 Å². The third-order valence-electron chi connectivity index (χ3n) is 2.52. The zero-order valence-electron chi connectivity index (χ0n) is 9.61. The van der Waals surface area contributed by atoms with Crippen LogP contribution in [0.2, 0.25) is 0 Å². The largest absolute Gasteiger partial charge is 0.395 e. The number of aliphatic hydroxyl groups is 1. The number of aromatic nitrogens is 2. The highest BCUT2D eigenvalue weighted by molar-refractivity contribution is 5.00. The van der Waals surface area contributed by atoms with Crippen LogP contribution >= 0.6 is 0 Å². The highest BCUT2D eigenvalue weighted by Crippen LogP contribution is 2.01. The van der Waals surface area contributed by atoms with Crippen molar-refractivity contribution >= 4 is 0 Å². The fraction of sp³-hybridized carbons (Fsp3) is 0.727. The molecule has 4 nitrogen and oxygen atoms in total. The molecule has 0 aliphatic carbocycles. The molecule has 0 saturated carbocycles. The molecule has 0 radical (unpaired) electrons. The van der Waals surface area contributed by atoms with E-state index in [1.54, 1.807) is 0 Å². The Bertz CT molecular complexity index is 269. The Labute approximate surface area is 91.3 Å². The molecule has 1 unspecified atom stereocenters. The standard InChI is InChI=1S/C11H21N3O/c1-3-7-14-11(5-6-13-14)8-12-10(4-2)9-15/h5-6,10,12,15H,3-4,7-9H2,1-2H3. The van der Waals surface area contributed by atoms with Crippen LogP contribution in [0.15, 0.2) is 12.3 Å². The van der Waals surface area contributed by atoms with Gasteiger partial charge in [0.2, 0.25) is 0 Å². The highest BCUT2D eigenvalue weighted by atomic mass is 16.3. The van der Waals surface area contributed by atoms with Crippen molar-refractivity contribution in [3.63, 3.8) is 0 Å². The van der Waals surface area contributed by atoms with Crippen LogP contribution in [0.25, 0.3) is 0 Å². The van der Waals surface area contributed by atoms with Gasteiger partial charge in [0.1, 0.15) is 0 Å². The van der Waals surface area contributed by atoms with Gasteiger partial charge >= 0.3 is 0 Å². The topological polar surface area (TPSA) is 50.1 Å². The van der Waals surface area contributed by atoms with Crippen LogP contribution in [-0.4, -0.2) is 27.5 Å². The lowest BCUT2D eigenvalue weighted by atomic mass is 10.2. The van der Waals surface area contributed by atoms with E-state index in [-0.39, 0.29) is 12.6 Å². The fourth-order valence-corrected chi connectivity index (χ4v) is 1.51. The van der Waals surface area contributed by atoms with E-state index in [2.05, 4.69) is 24.3 Å². The Kier molecular flexibility index (Phi) is 5.36. The lowest BCUT2D eigenvalue weighted by Gasteiger charge is -2.14. The van der Waals surface area contributed by atoms with Gasteiger partial charge in [-0.05, 0) is 18.9 Å². The second-order valence-electron chi connectivity index (χ2n) is 3.71. The van der Waals surface area contributed by atoms with Gasteiger partial charge in [-0.1, -0.05) is 13.8 Å². The number of rotatable bonds is 7. The molecule has 0 amide bonds. The van der Waals surface area contributed by atoms with Gasteiger partial charge in [0.25, 0.3) is 0 Å². The first-order valence-electron chi connectivity index (χ1n) is 5.66. The molecule has 1 rings (SSSR count). The summed E-state index contributed by atoms with van der Waals surface area (Å²) in [5, 5.41) is 16.6. The summed E-state index contributed by atoms with van der Waals surface area (Å²) in [7, 11) is 0. The fourth-order valence-electron chi connectivity index (χ4n) is 1.51. The number of aryl methyl sites for hydroxylation is 1. The Morgan fingerprint density at radius 2 is 2.33 bits per heavy atom. The van der Waals surface area contributed by atoms with Crippen molar-refractivity contribution in [2.75, 3.05) is 6.61 Å². The summed E-state index contributed by atoms with van der Waals surface area (Å²) in [5.41, 5.74) is 1.18. The van der Waals surface area contributed by atoms with Gasteiger partial charge in [0, 0.05) is 25.3 Å². The zero-order valence-corrected chi connectivity index (χ0v) is 9.61. The van der Waals surface area contributed by atoms with Crippen LogP contribution in [0.5, 0.6) is 0 Å². The molecule has 1 heterocycles. The number of hydrogen-bond acceptors (Lipinski definition) is 3. The molecule has 1 aromatic rings. The smallest absolute Gasteiger partial charge is 0.0584 e. The third kappa shape index (κ3) is 3.64. The molecule has 15 heavy (non-hydrogen) atoms. The molecule has 1 atom stereocenters. The maximum Gasteiger partial charge on any atom is 0.0584 e. The molecule has 4 heteroatoms. The predicted molar refractivity (Wildman–Crippen MR) is 60.5 cm³/mol. The minimum Gasteiger partial charge on any atom is -0.395 e. The molecule has 0 bridgehead atoms. The minimum absolute atomic E-state index is 0.190. The molecule has 0 aliphatic heterocycles. The van der Waals surface area contributed by atoms with Gasteiger partial charge in [-0.15, -0.1) is 0 Å². The quantitative estimate of drug-likeness (QED) is 0.711. The molecule has 0 fully saturated rings. The first-order valence-corrected chi connectivity index (χ1v) is 5.66. The number of aliphatic hydroxyl groups excluding tert-OH is 1. The summed E-state index contributed by atoms with van der Waals surface area (Å²) >= 11 is 0. The lowest BCUT2D eigenvalue weighted by molar-refractivity contribution is 0.237. The molecule has 0 aromatic carbocycles. The first-order chi connectivity index (χ1) is 7.31. The SMILES string of the molecule is CCCn1nccc1CNC(CC)CO. The van der Waals surface area contributed by atoms with Crippen molar-refractivity contribution in [2.24, 2.45) is 0 Å². The van der Waals surface area contributed by atoms with Crippen LogP contribution in [0.4, 0.5) is 0 Å². The van der Waals surface area contributed by atoms with Crippen molar-refractivity contribution in [1.82, 2.24) is 15.1 Å². The Morgan fingerprint density at radius 1 is 1.53 bits per heavy atom. The number of hydrogen-bond donors (Lipinski definition) is 2. The van der Waals surface area contributed by atoms with E-state index in [9.17, 15) is 0 Å². The first kappa shape index (κ1) is 12.2.